The Labute approximate surface area is 175 Å². The summed E-state index contributed by atoms with van der Waals surface area (Å²) in [6.45, 7) is 16.9. The zero-order chi connectivity index (χ0) is 21.9. The van der Waals surface area contributed by atoms with E-state index in [1.165, 1.54) is 11.9 Å². The number of halogens is 3. The summed E-state index contributed by atoms with van der Waals surface area (Å²) < 4.78 is 38.0. The molecule has 0 aromatic carbocycles. The Morgan fingerprint density at radius 1 is 1.34 bits per heavy atom. The molecule has 0 saturated heterocycles. The third-order valence-corrected chi connectivity index (χ3v) is 6.66. The molecule has 2 aliphatic rings. The number of thioether (sulfide) groups is 1. The van der Waals surface area contributed by atoms with Crippen molar-refractivity contribution in [1.82, 2.24) is 14.8 Å². The molecule has 0 radical (unpaired) electrons. The molecule has 0 aliphatic carbocycles. The molecule has 2 atom stereocenters. The number of hydrogen-bond donors (Lipinski definition) is 0. The fourth-order valence-electron chi connectivity index (χ4n) is 3.65. The van der Waals surface area contributed by atoms with E-state index in [1.54, 1.807) is 24.9 Å². The first kappa shape index (κ1) is 23.4. The maximum atomic E-state index is 12.7. The van der Waals surface area contributed by atoms with Crippen LogP contribution in [0.1, 0.15) is 40.5 Å². The van der Waals surface area contributed by atoms with Crippen LogP contribution in [0.15, 0.2) is 40.4 Å². The summed E-state index contributed by atoms with van der Waals surface area (Å²) in [7, 11) is 0. The molecule has 9 heteroatoms. The molecule has 2 aliphatic heterocycles. The average molecular weight is 431 g/mol. The third-order valence-electron chi connectivity index (χ3n) is 5.14. The number of amides is 1. The van der Waals surface area contributed by atoms with Gasteiger partial charge in [0.25, 0.3) is 0 Å². The second-order valence-electron chi connectivity index (χ2n) is 7.12. The van der Waals surface area contributed by atoms with Crippen molar-refractivity contribution in [3.8, 4) is 0 Å². The molecule has 0 aromatic rings. The number of carbonyl (C=O) groups is 1. The highest BCUT2D eigenvalue weighted by Crippen LogP contribution is 2.51. The van der Waals surface area contributed by atoms with Gasteiger partial charge in [-0.3, -0.25) is 4.79 Å². The van der Waals surface area contributed by atoms with Gasteiger partial charge in [-0.1, -0.05) is 20.1 Å². The van der Waals surface area contributed by atoms with E-state index in [4.69, 9.17) is 0 Å². The summed E-state index contributed by atoms with van der Waals surface area (Å²) in [5.41, 5.74) is 1.85. The highest BCUT2D eigenvalue weighted by atomic mass is 32.2. The number of likely N-dealkylation sites (N-methyl/N-ethyl adjacent to an activating group) is 1. The van der Waals surface area contributed by atoms with Gasteiger partial charge >= 0.3 is 6.18 Å². The van der Waals surface area contributed by atoms with Crippen molar-refractivity contribution in [2.75, 3.05) is 19.6 Å². The molecule has 5 nitrogen and oxygen atoms in total. The van der Waals surface area contributed by atoms with Gasteiger partial charge in [0.05, 0.1) is 11.6 Å². The van der Waals surface area contributed by atoms with Crippen LogP contribution in [0.3, 0.4) is 0 Å². The smallest absolute Gasteiger partial charge is 0.329 e. The van der Waals surface area contributed by atoms with Crippen molar-refractivity contribution in [1.29, 1.82) is 0 Å². The quantitative estimate of drug-likeness (QED) is 0.431. The number of hydrogen-bond acceptors (Lipinski definition) is 5. The highest BCUT2D eigenvalue weighted by molar-refractivity contribution is 8.03. The Hall–Kier alpha value is -1.90. The van der Waals surface area contributed by atoms with Crippen LogP contribution in [-0.4, -0.2) is 58.0 Å². The topological polar surface area (TPSA) is 39.2 Å². The van der Waals surface area contributed by atoms with Gasteiger partial charge in [-0.05, 0) is 26.2 Å². The van der Waals surface area contributed by atoms with Gasteiger partial charge in [0, 0.05) is 49.2 Å². The monoisotopic (exact) mass is 430 g/mol. The van der Waals surface area contributed by atoms with Crippen molar-refractivity contribution < 1.29 is 18.0 Å². The van der Waals surface area contributed by atoms with Gasteiger partial charge in [-0.25, -0.2) is 5.01 Å². The molecule has 0 spiro atoms. The minimum absolute atomic E-state index is 0.0113. The van der Waals surface area contributed by atoms with E-state index in [-0.39, 0.29) is 30.0 Å². The zero-order valence-electron chi connectivity index (χ0n) is 17.4. The number of carbonyl (C=O) groups excluding carboxylic acids is 1. The molecular formula is C20H29F3N4OS. The third kappa shape index (κ3) is 5.18. The fourth-order valence-corrected chi connectivity index (χ4v) is 5.25. The van der Waals surface area contributed by atoms with Crippen molar-refractivity contribution in [3.63, 3.8) is 0 Å². The molecule has 2 rings (SSSR count). The van der Waals surface area contributed by atoms with E-state index in [1.807, 2.05) is 16.7 Å². The Kier molecular flexibility index (Phi) is 7.48. The van der Waals surface area contributed by atoms with Crippen molar-refractivity contribution in [2.24, 2.45) is 11.0 Å². The summed E-state index contributed by atoms with van der Waals surface area (Å²) in [6.07, 6.45) is -3.45. The lowest BCUT2D eigenvalue weighted by Crippen LogP contribution is -2.39. The molecule has 0 bridgehead atoms. The van der Waals surface area contributed by atoms with Crippen LogP contribution in [0.25, 0.3) is 0 Å². The predicted molar refractivity (Wildman–Crippen MR) is 112 cm³/mol. The maximum absolute atomic E-state index is 12.7. The lowest BCUT2D eigenvalue weighted by molar-refractivity contribution is -0.136. The Bertz CT molecular complexity index is 732. The summed E-state index contributed by atoms with van der Waals surface area (Å²) in [5.74, 6) is 0.568. The molecular weight excluding hydrogens is 401 g/mol. The number of allylic oxidation sites excluding steroid dienone is 1. The summed E-state index contributed by atoms with van der Waals surface area (Å²) in [6, 6.07) is 0. The van der Waals surface area contributed by atoms with Gasteiger partial charge in [-0.2, -0.15) is 18.3 Å². The van der Waals surface area contributed by atoms with Crippen LogP contribution in [0.4, 0.5) is 13.2 Å². The van der Waals surface area contributed by atoms with Crippen molar-refractivity contribution in [3.05, 3.63) is 35.3 Å². The molecule has 29 heavy (non-hydrogen) atoms. The van der Waals surface area contributed by atoms with Gasteiger partial charge in [0.2, 0.25) is 5.91 Å². The number of alkyl halides is 3. The number of hydrazone groups is 1. The Morgan fingerprint density at radius 3 is 2.52 bits per heavy atom. The van der Waals surface area contributed by atoms with E-state index in [0.717, 1.165) is 16.3 Å². The van der Waals surface area contributed by atoms with Crippen LogP contribution in [-0.2, 0) is 4.79 Å². The highest BCUT2D eigenvalue weighted by Gasteiger charge is 2.43. The Balaban J connectivity index is 2.27. The molecule has 0 aromatic heterocycles. The SMILES string of the molecule is C=C1C2=C(SC(CN(/N=C\C)C(C)=O)C2C)N(CCCC(F)(F)F)C(=C)N1CC. The minimum atomic E-state index is -4.18. The molecule has 0 saturated carbocycles. The molecule has 2 heterocycles. The van der Waals surface area contributed by atoms with E-state index < -0.39 is 12.6 Å². The van der Waals surface area contributed by atoms with E-state index in [2.05, 4.69) is 25.2 Å². The lowest BCUT2D eigenvalue weighted by Gasteiger charge is -2.42. The first-order valence-corrected chi connectivity index (χ1v) is 10.6. The standard InChI is InChI=1S/C20H29F3N4OS/c1-7-24-27(16(6)28)12-17-13(3)18-14(4)25(8-2)15(5)26(19(18)29-17)11-9-10-20(21,22)23/h7,13,17H,4-5,8-12H2,1-3,6H3/b24-7-. The van der Waals surface area contributed by atoms with Crippen LogP contribution in [0.5, 0.6) is 0 Å². The Morgan fingerprint density at radius 2 is 2.00 bits per heavy atom. The maximum Gasteiger partial charge on any atom is 0.389 e. The number of nitrogens with zero attached hydrogens (tertiary/aromatic N) is 4. The molecule has 1 amide bonds. The largest absolute Gasteiger partial charge is 0.389 e. The van der Waals surface area contributed by atoms with Gasteiger partial charge in [-0.15, -0.1) is 11.8 Å². The van der Waals surface area contributed by atoms with Gasteiger partial charge in [0.1, 0.15) is 5.82 Å². The minimum Gasteiger partial charge on any atom is -0.329 e. The zero-order valence-corrected chi connectivity index (χ0v) is 18.2. The summed E-state index contributed by atoms with van der Waals surface area (Å²) >= 11 is 1.57. The predicted octanol–water partition coefficient (Wildman–Crippen LogP) is 4.77. The van der Waals surface area contributed by atoms with Crippen LogP contribution in [0.2, 0.25) is 0 Å². The van der Waals surface area contributed by atoms with Gasteiger partial charge < -0.3 is 9.80 Å². The van der Waals surface area contributed by atoms with Crippen LogP contribution >= 0.6 is 11.8 Å². The average Bonchev–Trinajstić information content (AvgIpc) is 2.93. The second kappa shape index (κ2) is 9.28. The molecule has 162 valence electrons. The lowest BCUT2D eigenvalue weighted by atomic mass is 9.93. The first-order chi connectivity index (χ1) is 13.5. The fraction of sp³-hybridized carbons (Fsp3) is 0.600. The van der Waals surface area contributed by atoms with Gasteiger partial charge in [0.15, 0.2) is 0 Å². The van der Waals surface area contributed by atoms with Crippen LogP contribution in [0, 0.1) is 5.92 Å². The molecule has 0 N–H and O–H groups in total. The van der Waals surface area contributed by atoms with Crippen molar-refractivity contribution in [2.45, 2.75) is 52.0 Å². The molecule has 0 fully saturated rings. The first-order valence-electron chi connectivity index (χ1n) is 9.69. The van der Waals surface area contributed by atoms with E-state index in [0.29, 0.717) is 18.9 Å². The second-order valence-corrected chi connectivity index (χ2v) is 8.34. The summed E-state index contributed by atoms with van der Waals surface area (Å²) in [5, 5.41) is 6.49. The number of rotatable bonds is 7. The van der Waals surface area contributed by atoms with Crippen LogP contribution < -0.4 is 0 Å². The summed E-state index contributed by atoms with van der Waals surface area (Å²) in [4.78, 5) is 15.7. The van der Waals surface area contributed by atoms with E-state index in [9.17, 15) is 18.0 Å². The molecule has 2 unspecified atom stereocenters. The normalized spacial score (nSPS) is 22.7. The van der Waals surface area contributed by atoms with Crippen molar-refractivity contribution >= 4 is 23.9 Å². The van der Waals surface area contributed by atoms with E-state index >= 15 is 0 Å².